The van der Waals surface area contributed by atoms with Crippen LogP contribution in [-0.2, 0) is 24.8 Å². The van der Waals surface area contributed by atoms with Gasteiger partial charge in [-0.1, -0.05) is 0 Å². The zero-order chi connectivity index (χ0) is 9.42. The lowest BCUT2D eigenvalue weighted by molar-refractivity contribution is -0.139. The number of hydrogen-bond acceptors (Lipinski definition) is 3. The van der Waals surface area contributed by atoms with Crippen molar-refractivity contribution in [2.45, 2.75) is 19.0 Å². The molecule has 1 unspecified atom stereocenters. The Kier molecular flexibility index (Phi) is 3.13. The van der Waals surface area contributed by atoms with Crippen molar-refractivity contribution in [1.29, 1.82) is 0 Å². The molecule has 5 nitrogen and oxygen atoms in total. The highest BCUT2D eigenvalue weighted by Gasteiger charge is 2.25. The number of imidazole rings is 1. The monoisotopic (exact) mass is 217 g/mol. The Morgan fingerprint density at radius 1 is 1.79 bits per heavy atom. The molecule has 2 N–H and O–H groups in total. The third-order valence-electron chi connectivity index (χ3n) is 2.36. The summed E-state index contributed by atoms with van der Waals surface area (Å²) in [4.78, 5) is 14.9. The summed E-state index contributed by atoms with van der Waals surface area (Å²) < 4.78 is 1.88. The maximum absolute atomic E-state index is 10.7. The van der Waals surface area contributed by atoms with Gasteiger partial charge in [0.2, 0.25) is 0 Å². The summed E-state index contributed by atoms with van der Waals surface area (Å²) in [5.41, 5.74) is 1.98. The molecule has 0 aliphatic carbocycles. The van der Waals surface area contributed by atoms with Crippen LogP contribution in [0.4, 0.5) is 0 Å². The molecule has 1 aliphatic heterocycles. The van der Waals surface area contributed by atoms with Crippen molar-refractivity contribution in [3.8, 4) is 0 Å². The fourth-order valence-electron chi connectivity index (χ4n) is 1.57. The van der Waals surface area contributed by atoms with E-state index in [9.17, 15) is 4.79 Å². The van der Waals surface area contributed by atoms with Crippen molar-refractivity contribution in [2.75, 3.05) is 0 Å². The number of aryl methyl sites for hydroxylation is 1. The molecule has 2 heterocycles. The van der Waals surface area contributed by atoms with E-state index >= 15 is 0 Å². The van der Waals surface area contributed by atoms with Gasteiger partial charge in [0.05, 0.1) is 12.0 Å². The van der Waals surface area contributed by atoms with Gasteiger partial charge in [0, 0.05) is 25.7 Å². The first-order valence-corrected chi connectivity index (χ1v) is 4.13. The first-order valence-electron chi connectivity index (χ1n) is 4.13. The molecule has 0 radical (unpaired) electrons. The lowest BCUT2D eigenvalue weighted by Crippen LogP contribution is -2.42. The molecule has 6 heteroatoms. The number of nitrogens with one attached hydrogen (secondary N) is 1. The molecule has 1 aromatic heterocycles. The molecule has 0 saturated heterocycles. The minimum absolute atomic E-state index is 0. The fraction of sp³-hybridized carbons (Fsp3) is 0.500. The molecule has 1 aromatic rings. The van der Waals surface area contributed by atoms with Crippen LogP contribution in [0, 0.1) is 0 Å². The van der Waals surface area contributed by atoms with E-state index in [0.29, 0.717) is 13.0 Å². The molecule has 0 fully saturated rings. The van der Waals surface area contributed by atoms with Gasteiger partial charge in [-0.05, 0) is 0 Å². The number of aromatic nitrogens is 2. The van der Waals surface area contributed by atoms with Gasteiger partial charge >= 0.3 is 5.97 Å². The molecular weight excluding hydrogens is 206 g/mol. The van der Waals surface area contributed by atoms with Gasteiger partial charge in [0.15, 0.2) is 0 Å². The quantitative estimate of drug-likeness (QED) is 0.692. The highest BCUT2D eigenvalue weighted by Crippen LogP contribution is 2.14. The summed E-state index contributed by atoms with van der Waals surface area (Å²) in [6.07, 6.45) is 2.23. The fourth-order valence-corrected chi connectivity index (χ4v) is 1.57. The number of carbonyl (C=O) groups is 1. The van der Waals surface area contributed by atoms with Crippen molar-refractivity contribution < 1.29 is 9.90 Å². The van der Waals surface area contributed by atoms with E-state index in [2.05, 4.69) is 10.3 Å². The van der Waals surface area contributed by atoms with Crippen LogP contribution in [0.3, 0.4) is 0 Å². The van der Waals surface area contributed by atoms with E-state index in [1.54, 1.807) is 6.33 Å². The minimum atomic E-state index is -0.799. The van der Waals surface area contributed by atoms with Crippen LogP contribution in [-0.4, -0.2) is 26.7 Å². The van der Waals surface area contributed by atoms with Crippen molar-refractivity contribution in [3.63, 3.8) is 0 Å². The number of carboxylic acid groups (broad SMARTS) is 1. The normalized spacial score (nSPS) is 19.6. The lowest BCUT2D eigenvalue weighted by atomic mass is 10.1. The van der Waals surface area contributed by atoms with E-state index < -0.39 is 12.0 Å². The number of hydrogen-bond donors (Lipinski definition) is 2. The van der Waals surface area contributed by atoms with Crippen molar-refractivity contribution in [1.82, 2.24) is 14.9 Å². The molecule has 0 saturated carbocycles. The second-order valence-electron chi connectivity index (χ2n) is 3.22. The molecular formula is C8H12ClN3O2. The maximum atomic E-state index is 10.7. The van der Waals surface area contributed by atoms with Crippen molar-refractivity contribution >= 4 is 18.4 Å². The molecule has 0 bridgehead atoms. The van der Waals surface area contributed by atoms with E-state index in [1.165, 1.54) is 0 Å². The molecule has 78 valence electrons. The van der Waals surface area contributed by atoms with Crippen LogP contribution in [0.25, 0.3) is 0 Å². The number of carboxylic acids is 1. The average Bonchev–Trinajstić information content (AvgIpc) is 2.47. The van der Waals surface area contributed by atoms with E-state index in [1.807, 2.05) is 11.6 Å². The van der Waals surface area contributed by atoms with Crippen LogP contribution in [0.2, 0.25) is 0 Å². The van der Waals surface area contributed by atoms with Crippen molar-refractivity contribution in [3.05, 3.63) is 17.7 Å². The highest BCUT2D eigenvalue weighted by molar-refractivity contribution is 5.85. The van der Waals surface area contributed by atoms with Crippen LogP contribution in [0.15, 0.2) is 6.33 Å². The van der Waals surface area contributed by atoms with E-state index in [-0.39, 0.29) is 12.4 Å². The zero-order valence-electron chi connectivity index (χ0n) is 7.73. The van der Waals surface area contributed by atoms with Gasteiger partial charge in [-0.2, -0.15) is 0 Å². The molecule has 14 heavy (non-hydrogen) atoms. The third kappa shape index (κ3) is 1.73. The molecule has 2 rings (SSSR count). The topological polar surface area (TPSA) is 67.2 Å². The molecule has 1 aliphatic rings. The largest absolute Gasteiger partial charge is 0.480 e. The van der Waals surface area contributed by atoms with Gasteiger partial charge in [0.1, 0.15) is 6.04 Å². The second-order valence-corrected chi connectivity index (χ2v) is 3.22. The van der Waals surface area contributed by atoms with Crippen LogP contribution >= 0.6 is 12.4 Å². The van der Waals surface area contributed by atoms with Gasteiger partial charge in [-0.3, -0.25) is 10.1 Å². The van der Waals surface area contributed by atoms with Crippen molar-refractivity contribution in [2.24, 2.45) is 7.05 Å². The number of rotatable bonds is 1. The van der Waals surface area contributed by atoms with Crippen LogP contribution in [0.1, 0.15) is 11.4 Å². The Morgan fingerprint density at radius 2 is 2.50 bits per heavy atom. The standard InChI is InChI=1S/C8H11N3O2.ClH/c1-11-4-10-6-3-9-5(8(12)13)2-7(6)11;/h4-5,9H,2-3H2,1H3,(H,12,13);1H. The lowest BCUT2D eigenvalue weighted by Gasteiger charge is -2.20. The number of aliphatic carboxylic acids is 1. The van der Waals surface area contributed by atoms with Gasteiger partial charge in [-0.15, -0.1) is 12.4 Å². The predicted molar refractivity (Wildman–Crippen MR) is 52.4 cm³/mol. The highest BCUT2D eigenvalue weighted by atomic mass is 35.5. The van der Waals surface area contributed by atoms with Crippen LogP contribution in [0.5, 0.6) is 0 Å². The summed E-state index contributed by atoms with van der Waals surface area (Å²) in [6, 6.07) is -0.470. The van der Waals surface area contributed by atoms with E-state index in [0.717, 1.165) is 11.4 Å². The Bertz CT molecular complexity index is 350. The van der Waals surface area contributed by atoms with Gasteiger partial charge in [0.25, 0.3) is 0 Å². The smallest absolute Gasteiger partial charge is 0.321 e. The Morgan fingerprint density at radius 3 is 3.14 bits per heavy atom. The SMILES string of the molecule is Cl.Cn1cnc2c1CC(C(=O)O)NC2. The summed E-state index contributed by atoms with van der Waals surface area (Å²) in [5.74, 6) is -0.799. The first kappa shape index (κ1) is 11.0. The zero-order valence-corrected chi connectivity index (χ0v) is 8.54. The molecule has 0 amide bonds. The Labute approximate surface area is 87.5 Å². The average molecular weight is 218 g/mol. The molecule has 0 spiro atoms. The number of nitrogens with zero attached hydrogens (tertiary/aromatic N) is 2. The predicted octanol–water partition coefficient (Wildman–Crippen LogP) is -0.0592. The first-order chi connectivity index (χ1) is 6.18. The summed E-state index contributed by atoms with van der Waals surface area (Å²) in [5, 5.41) is 11.7. The third-order valence-corrected chi connectivity index (χ3v) is 2.36. The number of halogens is 1. The second kappa shape index (κ2) is 3.98. The Balaban J connectivity index is 0.000000980. The summed E-state index contributed by atoms with van der Waals surface area (Å²) >= 11 is 0. The summed E-state index contributed by atoms with van der Waals surface area (Å²) in [6.45, 7) is 0.549. The van der Waals surface area contributed by atoms with Gasteiger partial charge in [-0.25, -0.2) is 4.98 Å². The minimum Gasteiger partial charge on any atom is -0.480 e. The van der Waals surface area contributed by atoms with Gasteiger partial charge < -0.3 is 9.67 Å². The summed E-state index contributed by atoms with van der Waals surface area (Å²) in [7, 11) is 1.88. The number of fused-ring (bicyclic) bond motifs is 1. The maximum Gasteiger partial charge on any atom is 0.321 e. The molecule has 1 atom stereocenters. The Hall–Kier alpha value is -1.07. The molecule has 0 aromatic carbocycles. The van der Waals surface area contributed by atoms with E-state index in [4.69, 9.17) is 5.11 Å². The van der Waals surface area contributed by atoms with Crippen LogP contribution < -0.4 is 5.32 Å².